The summed E-state index contributed by atoms with van der Waals surface area (Å²) in [5, 5.41) is 7.62. The Labute approximate surface area is 126 Å². The minimum Gasteiger partial charge on any atom is -0.381 e. The summed E-state index contributed by atoms with van der Waals surface area (Å²) in [6, 6.07) is 18.4. The summed E-state index contributed by atoms with van der Waals surface area (Å²) in [5.41, 5.74) is 3.40. The Morgan fingerprint density at radius 2 is 1.90 bits per heavy atom. The second-order valence-corrected chi connectivity index (χ2v) is 5.40. The van der Waals surface area contributed by atoms with Gasteiger partial charge in [-0.25, -0.2) is 4.68 Å². The van der Waals surface area contributed by atoms with Gasteiger partial charge in [-0.1, -0.05) is 28.1 Å². The van der Waals surface area contributed by atoms with E-state index in [9.17, 15) is 0 Å². The average molecular weight is 328 g/mol. The zero-order chi connectivity index (χ0) is 13.8. The smallest absolute Gasteiger partial charge is 0.0647 e. The van der Waals surface area contributed by atoms with Crippen LogP contribution in [0.25, 0.3) is 5.69 Å². The van der Waals surface area contributed by atoms with Crippen LogP contribution in [0.3, 0.4) is 0 Å². The molecule has 0 spiro atoms. The molecular formula is C16H14BrN3. The van der Waals surface area contributed by atoms with E-state index in [0.717, 1.165) is 22.4 Å². The van der Waals surface area contributed by atoms with E-state index in [1.165, 1.54) is 5.56 Å². The maximum Gasteiger partial charge on any atom is 0.0647 e. The van der Waals surface area contributed by atoms with Crippen molar-refractivity contribution in [1.82, 2.24) is 9.78 Å². The van der Waals surface area contributed by atoms with Crippen LogP contribution in [-0.4, -0.2) is 9.78 Å². The Balaban J connectivity index is 1.67. The first-order chi connectivity index (χ1) is 9.81. The molecular weight excluding hydrogens is 314 g/mol. The minimum absolute atomic E-state index is 0.806. The summed E-state index contributed by atoms with van der Waals surface area (Å²) in [7, 11) is 0. The molecule has 0 bridgehead atoms. The maximum absolute atomic E-state index is 4.21. The monoisotopic (exact) mass is 327 g/mol. The molecule has 0 atom stereocenters. The van der Waals surface area contributed by atoms with Crippen LogP contribution in [0.1, 0.15) is 5.56 Å². The standard InChI is InChI=1S/C16H14BrN3/c17-14-4-1-3-13(11-14)12-18-15-5-7-16(8-6-15)20-10-2-9-19-20/h1-11,18H,12H2. The summed E-state index contributed by atoms with van der Waals surface area (Å²) in [6.07, 6.45) is 3.71. The molecule has 1 N–H and O–H groups in total. The molecule has 0 amide bonds. The van der Waals surface area contributed by atoms with E-state index in [1.807, 2.05) is 29.1 Å². The maximum atomic E-state index is 4.21. The van der Waals surface area contributed by atoms with Crippen LogP contribution in [0.5, 0.6) is 0 Å². The Hall–Kier alpha value is -2.07. The molecule has 0 saturated carbocycles. The summed E-state index contributed by atoms with van der Waals surface area (Å²) < 4.78 is 2.95. The first kappa shape index (κ1) is 12.9. The van der Waals surface area contributed by atoms with Crippen LogP contribution in [-0.2, 0) is 6.54 Å². The van der Waals surface area contributed by atoms with Crippen molar-refractivity contribution in [1.29, 1.82) is 0 Å². The van der Waals surface area contributed by atoms with E-state index in [-0.39, 0.29) is 0 Å². The quantitative estimate of drug-likeness (QED) is 0.776. The lowest BCUT2D eigenvalue weighted by Gasteiger charge is -2.08. The third kappa shape index (κ3) is 3.08. The third-order valence-electron chi connectivity index (χ3n) is 3.02. The number of anilines is 1. The van der Waals surface area contributed by atoms with E-state index < -0.39 is 0 Å². The fourth-order valence-corrected chi connectivity index (χ4v) is 2.45. The van der Waals surface area contributed by atoms with Crippen molar-refractivity contribution in [2.75, 3.05) is 5.32 Å². The molecule has 3 rings (SSSR count). The SMILES string of the molecule is Brc1cccc(CNc2ccc(-n3cccn3)cc2)c1. The average Bonchev–Trinajstić information content (AvgIpc) is 3.00. The van der Waals surface area contributed by atoms with Gasteiger partial charge in [-0.3, -0.25) is 0 Å². The topological polar surface area (TPSA) is 29.9 Å². The fourth-order valence-electron chi connectivity index (χ4n) is 2.00. The van der Waals surface area contributed by atoms with Gasteiger partial charge >= 0.3 is 0 Å². The lowest BCUT2D eigenvalue weighted by Crippen LogP contribution is -2.00. The molecule has 0 aliphatic carbocycles. The van der Waals surface area contributed by atoms with E-state index in [1.54, 1.807) is 6.20 Å². The second kappa shape index (κ2) is 5.92. The highest BCUT2D eigenvalue weighted by Gasteiger charge is 1.98. The Kier molecular flexibility index (Phi) is 3.83. The zero-order valence-electron chi connectivity index (χ0n) is 10.8. The molecule has 3 nitrogen and oxygen atoms in total. The predicted octanol–water partition coefficient (Wildman–Crippen LogP) is 4.25. The van der Waals surface area contributed by atoms with Gasteiger partial charge in [-0.2, -0.15) is 5.10 Å². The predicted molar refractivity (Wildman–Crippen MR) is 85.0 cm³/mol. The molecule has 1 aromatic heterocycles. The molecule has 0 aliphatic rings. The summed E-state index contributed by atoms with van der Waals surface area (Å²) in [5.74, 6) is 0. The van der Waals surface area contributed by atoms with Crippen LogP contribution in [0.15, 0.2) is 71.5 Å². The van der Waals surface area contributed by atoms with Gasteiger partial charge < -0.3 is 5.32 Å². The van der Waals surface area contributed by atoms with Gasteiger partial charge in [0.2, 0.25) is 0 Å². The molecule has 20 heavy (non-hydrogen) atoms. The Bertz CT molecular complexity index is 675. The van der Waals surface area contributed by atoms with Crippen molar-refractivity contribution in [3.8, 4) is 5.69 Å². The largest absolute Gasteiger partial charge is 0.381 e. The highest BCUT2D eigenvalue weighted by molar-refractivity contribution is 9.10. The third-order valence-corrected chi connectivity index (χ3v) is 3.52. The minimum atomic E-state index is 0.806. The summed E-state index contributed by atoms with van der Waals surface area (Å²) in [4.78, 5) is 0. The van der Waals surface area contributed by atoms with Crippen molar-refractivity contribution in [2.24, 2.45) is 0 Å². The molecule has 4 heteroatoms. The van der Waals surface area contributed by atoms with Crippen molar-refractivity contribution >= 4 is 21.6 Å². The lowest BCUT2D eigenvalue weighted by molar-refractivity contribution is 0.880. The van der Waals surface area contributed by atoms with Crippen LogP contribution < -0.4 is 5.32 Å². The fraction of sp³-hybridized carbons (Fsp3) is 0.0625. The summed E-state index contributed by atoms with van der Waals surface area (Å²) >= 11 is 3.48. The van der Waals surface area contributed by atoms with E-state index in [4.69, 9.17) is 0 Å². The van der Waals surface area contributed by atoms with Gasteiger partial charge in [0.1, 0.15) is 0 Å². The normalized spacial score (nSPS) is 10.4. The number of nitrogens with zero attached hydrogens (tertiary/aromatic N) is 2. The Morgan fingerprint density at radius 1 is 1.05 bits per heavy atom. The molecule has 2 aromatic carbocycles. The van der Waals surface area contributed by atoms with Crippen molar-refractivity contribution in [3.63, 3.8) is 0 Å². The number of benzene rings is 2. The van der Waals surface area contributed by atoms with Crippen LogP contribution in [0, 0.1) is 0 Å². The van der Waals surface area contributed by atoms with E-state index >= 15 is 0 Å². The van der Waals surface area contributed by atoms with E-state index in [0.29, 0.717) is 0 Å². The number of aromatic nitrogens is 2. The second-order valence-electron chi connectivity index (χ2n) is 4.48. The molecule has 0 fully saturated rings. The number of hydrogen-bond donors (Lipinski definition) is 1. The summed E-state index contributed by atoms with van der Waals surface area (Å²) in [6.45, 7) is 0.806. The van der Waals surface area contributed by atoms with Crippen LogP contribution >= 0.6 is 15.9 Å². The first-order valence-corrected chi connectivity index (χ1v) is 7.19. The van der Waals surface area contributed by atoms with Gasteiger partial charge in [-0.05, 0) is 48.0 Å². The van der Waals surface area contributed by atoms with Crippen LogP contribution in [0.2, 0.25) is 0 Å². The van der Waals surface area contributed by atoms with Crippen molar-refractivity contribution in [3.05, 3.63) is 77.0 Å². The van der Waals surface area contributed by atoms with Gasteiger partial charge in [0, 0.05) is 29.1 Å². The molecule has 0 radical (unpaired) electrons. The molecule has 100 valence electrons. The van der Waals surface area contributed by atoms with Crippen molar-refractivity contribution in [2.45, 2.75) is 6.54 Å². The molecule has 3 aromatic rings. The number of nitrogens with one attached hydrogen (secondary N) is 1. The Morgan fingerprint density at radius 3 is 2.60 bits per heavy atom. The van der Waals surface area contributed by atoms with Gasteiger partial charge in [0.15, 0.2) is 0 Å². The zero-order valence-corrected chi connectivity index (χ0v) is 12.4. The molecule has 0 saturated heterocycles. The number of halogens is 1. The lowest BCUT2D eigenvalue weighted by atomic mass is 10.2. The highest BCUT2D eigenvalue weighted by atomic mass is 79.9. The van der Waals surface area contributed by atoms with Gasteiger partial charge in [0.25, 0.3) is 0 Å². The van der Waals surface area contributed by atoms with Crippen LogP contribution in [0.4, 0.5) is 5.69 Å². The first-order valence-electron chi connectivity index (χ1n) is 6.40. The molecule has 1 heterocycles. The van der Waals surface area contributed by atoms with Gasteiger partial charge in [-0.15, -0.1) is 0 Å². The number of rotatable bonds is 4. The molecule has 0 unspecified atom stereocenters. The molecule has 0 aliphatic heterocycles. The van der Waals surface area contributed by atoms with Gasteiger partial charge in [0.05, 0.1) is 5.69 Å². The highest BCUT2D eigenvalue weighted by Crippen LogP contribution is 2.15. The number of hydrogen-bond acceptors (Lipinski definition) is 2. The van der Waals surface area contributed by atoms with E-state index in [2.05, 4.69) is 62.7 Å². The van der Waals surface area contributed by atoms with Crippen molar-refractivity contribution < 1.29 is 0 Å².